The largest absolute Gasteiger partial charge is 0.451 e. The normalized spacial score (nSPS) is 10.9. The van der Waals surface area contributed by atoms with Crippen LogP contribution in [0.4, 0.5) is 10.8 Å². The third kappa shape index (κ3) is 3.14. The van der Waals surface area contributed by atoms with Gasteiger partial charge in [0.05, 0.1) is 10.6 Å². The zero-order chi connectivity index (χ0) is 19.8. The van der Waals surface area contributed by atoms with Gasteiger partial charge in [0.15, 0.2) is 10.9 Å². The smallest absolute Gasteiger partial charge is 0.293 e. The lowest BCUT2D eigenvalue weighted by Crippen LogP contribution is -2.11. The van der Waals surface area contributed by atoms with E-state index in [9.17, 15) is 14.9 Å². The summed E-state index contributed by atoms with van der Waals surface area (Å²) >= 11 is 1.24. The van der Waals surface area contributed by atoms with Gasteiger partial charge >= 0.3 is 0 Å². The van der Waals surface area contributed by atoms with Gasteiger partial charge in [-0.15, -0.1) is 11.3 Å². The van der Waals surface area contributed by atoms with E-state index in [0.29, 0.717) is 27.5 Å². The third-order valence-corrected chi connectivity index (χ3v) is 5.23. The van der Waals surface area contributed by atoms with Gasteiger partial charge in [-0.25, -0.2) is 4.98 Å². The Labute approximate surface area is 163 Å². The van der Waals surface area contributed by atoms with E-state index in [1.807, 2.05) is 31.2 Å². The van der Waals surface area contributed by atoms with Gasteiger partial charge in [0.25, 0.3) is 11.6 Å². The van der Waals surface area contributed by atoms with E-state index in [-0.39, 0.29) is 17.4 Å². The van der Waals surface area contributed by atoms with Crippen LogP contribution < -0.4 is 5.32 Å². The molecule has 28 heavy (non-hydrogen) atoms. The highest BCUT2D eigenvalue weighted by molar-refractivity contribution is 7.14. The summed E-state index contributed by atoms with van der Waals surface area (Å²) in [5, 5.41) is 16.9. The minimum Gasteiger partial charge on any atom is -0.451 e. The molecule has 0 spiro atoms. The number of furan rings is 1. The molecule has 0 unspecified atom stereocenters. The molecule has 2 heterocycles. The number of hydrogen-bond acceptors (Lipinski definition) is 6. The lowest BCUT2D eigenvalue weighted by Gasteiger charge is -2.01. The highest BCUT2D eigenvalue weighted by Crippen LogP contribution is 2.30. The van der Waals surface area contributed by atoms with Gasteiger partial charge in [0, 0.05) is 33.5 Å². The predicted molar refractivity (Wildman–Crippen MR) is 108 cm³/mol. The van der Waals surface area contributed by atoms with Gasteiger partial charge in [-0.3, -0.25) is 20.2 Å². The van der Waals surface area contributed by atoms with Crippen LogP contribution in [0.2, 0.25) is 0 Å². The number of thiazole rings is 1. The first-order valence-electron chi connectivity index (χ1n) is 8.44. The molecule has 0 atom stereocenters. The van der Waals surface area contributed by atoms with Gasteiger partial charge in [-0.1, -0.05) is 30.3 Å². The Balaban J connectivity index is 1.59. The van der Waals surface area contributed by atoms with E-state index in [1.54, 1.807) is 24.4 Å². The predicted octanol–water partition coefficient (Wildman–Crippen LogP) is 5.33. The number of para-hydroxylation sites is 1. The maximum absolute atomic E-state index is 12.6. The third-order valence-electron chi connectivity index (χ3n) is 4.48. The molecule has 8 heteroatoms. The van der Waals surface area contributed by atoms with Crippen molar-refractivity contribution in [3.05, 3.63) is 74.8 Å². The quantitative estimate of drug-likeness (QED) is 0.373. The number of aromatic nitrogens is 1. The molecule has 1 amide bonds. The molecule has 1 N–H and O–H groups in total. The van der Waals surface area contributed by atoms with E-state index in [1.165, 1.54) is 17.4 Å². The fraction of sp³-hybridized carbons (Fsp3) is 0.100. The van der Waals surface area contributed by atoms with Crippen molar-refractivity contribution >= 4 is 39.0 Å². The lowest BCUT2D eigenvalue weighted by molar-refractivity contribution is -0.385. The Morgan fingerprint density at radius 2 is 2.00 bits per heavy atom. The number of nitro groups is 1. The minimum absolute atomic E-state index is 0.0361. The molecule has 140 valence electrons. The maximum atomic E-state index is 12.6. The highest BCUT2D eigenvalue weighted by Gasteiger charge is 2.19. The summed E-state index contributed by atoms with van der Waals surface area (Å²) in [7, 11) is 0. The Bertz CT molecular complexity index is 1230. The van der Waals surface area contributed by atoms with E-state index >= 15 is 0 Å². The van der Waals surface area contributed by atoms with Crippen molar-refractivity contribution in [3.63, 3.8) is 0 Å². The molecule has 0 aliphatic heterocycles. The van der Waals surface area contributed by atoms with Gasteiger partial charge in [0.1, 0.15) is 5.58 Å². The number of nitro benzene ring substituents is 1. The van der Waals surface area contributed by atoms with Gasteiger partial charge in [0.2, 0.25) is 0 Å². The SMILES string of the molecule is Cc1ccc(-c2csc(NC(=O)c3oc4ccccc4c3C)n2)cc1[N+](=O)[O-]. The van der Waals surface area contributed by atoms with Crippen molar-refractivity contribution in [3.8, 4) is 11.3 Å². The van der Waals surface area contributed by atoms with Crippen LogP contribution >= 0.6 is 11.3 Å². The lowest BCUT2D eigenvalue weighted by atomic mass is 10.1. The van der Waals surface area contributed by atoms with E-state index < -0.39 is 4.92 Å². The van der Waals surface area contributed by atoms with Gasteiger partial charge in [-0.05, 0) is 19.9 Å². The van der Waals surface area contributed by atoms with Crippen LogP contribution in [-0.2, 0) is 0 Å². The average Bonchev–Trinajstić information content (AvgIpc) is 3.27. The summed E-state index contributed by atoms with van der Waals surface area (Å²) in [6.07, 6.45) is 0. The molecule has 0 fully saturated rings. The van der Waals surface area contributed by atoms with Crippen molar-refractivity contribution in [2.24, 2.45) is 0 Å². The van der Waals surface area contributed by atoms with Crippen LogP contribution in [0, 0.1) is 24.0 Å². The van der Waals surface area contributed by atoms with E-state index in [0.717, 1.165) is 10.9 Å². The second-order valence-corrected chi connectivity index (χ2v) is 7.16. The summed E-state index contributed by atoms with van der Waals surface area (Å²) in [4.78, 5) is 27.7. The topological polar surface area (TPSA) is 98.3 Å². The van der Waals surface area contributed by atoms with E-state index in [4.69, 9.17) is 4.42 Å². The van der Waals surface area contributed by atoms with Gasteiger partial charge in [-0.2, -0.15) is 0 Å². The maximum Gasteiger partial charge on any atom is 0.293 e. The number of fused-ring (bicyclic) bond motifs is 1. The van der Waals surface area contributed by atoms with Crippen LogP contribution in [-0.4, -0.2) is 15.8 Å². The first-order valence-corrected chi connectivity index (χ1v) is 9.32. The van der Waals surface area contributed by atoms with Gasteiger partial charge < -0.3 is 4.42 Å². The molecular formula is C20H15N3O4S. The molecule has 7 nitrogen and oxygen atoms in total. The number of benzene rings is 2. The van der Waals surface area contributed by atoms with Crippen LogP contribution in [0.1, 0.15) is 21.7 Å². The summed E-state index contributed by atoms with van der Waals surface area (Å²) in [6, 6.07) is 12.4. The summed E-state index contributed by atoms with van der Waals surface area (Å²) in [5.74, 6) is -0.145. The second-order valence-electron chi connectivity index (χ2n) is 6.30. The number of anilines is 1. The number of carbonyl (C=O) groups is 1. The molecular weight excluding hydrogens is 378 g/mol. The first kappa shape index (κ1) is 17.9. The number of aryl methyl sites for hydroxylation is 2. The van der Waals surface area contributed by atoms with Crippen LogP contribution in [0.3, 0.4) is 0 Å². The second kappa shape index (κ2) is 6.90. The fourth-order valence-electron chi connectivity index (χ4n) is 2.97. The molecule has 0 aliphatic rings. The first-order chi connectivity index (χ1) is 13.4. The molecule has 0 saturated carbocycles. The molecule has 0 radical (unpaired) electrons. The zero-order valence-corrected chi connectivity index (χ0v) is 15.9. The zero-order valence-electron chi connectivity index (χ0n) is 15.1. The number of rotatable bonds is 4. The molecule has 2 aromatic heterocycles. The van der Waals surface area contributed by atoms with Crippen LogP contribution in [0.5, 0.6) is 0 Å². The number of nitrogens with zero attached hydrogens (tertiary/aromatic N) is 2. The van der Waals surface area contributed by atoms with Crippen molar-refractivity contribution in [2.45, 2.75) is 13.8 Å². The van der Waals surface area contributed by atoms with E-state index in [2.05, 4.69) is 10.3 Å². The Morgan fingerprint density at radius 3 is 2.75 bits per heavy atom. The minimum atomic E-state index is -0.418. The molecule has 0 saturated heterocycles. The van der Waals surface area contributed by atoms with Crippen molar-refractivity contribution in [1.29, 1.82) is 0 Å². The summed E-state index contributed by atoms with van der Waals surface area (Å²) in [6.45, 7) is 3.52. The number of amides is 1. The number of nitrogens with one attached hydrogen (secondary N) is 1. The summed E-state index contributed by atoms with van der Waals surface area (Å²) < 4.78 is 5.67. The molecule has 4 rings (SSSR count). The molecule has 0 bridgehead atoms. The number of hydrogen-bond donors (Lipinski definition) is 1. The molecule has 2 aromatic carbocycles. The monoisotopic (exact) mass is 393 g/mol. The summed E-state index contributed by atoms with van der Waals surface area (Å²) in [5.41, 5.74) is 3.21. The standard InChI is InChI=1S/C20H15N3O4S/c1-11-7-8-13(9-16(11)23(25)26)15-10-28-20(21-15)22-19(24)18-12(2)14-5-3-4-6-17(14)27-18/h3-10H,1-2H3,(H,21,22,24). The Hall–Kier alpha value is -3.52. The van der Waals surface area contributed by atoms with Crippen molar-refractivity contribution in [1.82, 2.24) is 4.98 Å². The average molecular weight is 393 g/mol. The Morgan fingerprint density at radius 1 is 1.21 bits per heavy atom. The van der Waals surface area contributed by atoms with Crippen molar-refractivity contribution in [2.75, 3.05) is 5.32 Å². The molecule has 0 aliphatic carbocycles. The van der Waals surface area contributed by atoms with Crippen molar-refractivity contribution < 1.29 is 14.1 Å². The highest BCUT2D eigenvalue weighted by atomic mass is 32.1. The fourth-order valence-corrected chi connectivity index (χ4v) is 3.69. The number of carbonyl (C=O) groups excluding carboxylic acids is 1. The van der Waals surface area contributed by atoms with Crippen LogP contribution in [0.15, 0.2) is 52.3 Å². The molecule has 4 aromatic rings. The Kier molecular flexibility index (Phi) is 4.40. The van der Waals surface area contributed by atoms with Crippen LogP contribution in [0.25, 0.3) is 22.2 Å².